The quantitative estimate of drug-likeness (QED) is 0.825. The average Bonchev–Trinajstić information content (AvgIpc) is 2.17. The van der Waals surface area contributed by atoms with E-state index in [4.69, 9.17) is 16.3 Å². The third-order valence-corrected chi connectivity index (χ3v) is 2.62. The van der Waals surface area contributed by atoms with Crippen molar-refractivity contribution in [1.29, 1.82) is 0 Å². The largest absolute Gasteiger partial charge is 0.450 e. The predicted molar refractivity (Wildman–Crippen MR) is 64.6 cm³/mol. The molecule has 1 rings (SSSR count). The zero-order valence-corrected chi connectivity index (χ0v) is 10.4. The summed E-state index contributed by atoms with van der Waals surface area (Å²) in [4.78, 5) is 13.4. The van der Waals surface area contributed by atoms with E-state index in [2.05, 4.69) is 16.8 Å². The van der Waals surface area contributed by atoms with E-state index >= 15 is 0 Å². The summed E-state index contributed by atoms with van der Waals surface area (Å²) in [5.41, 5.74) is 0. The van der Waals surface area contributed by atoms with Crippen LogP contribution < -0.4 is 5.32 Å². The number of piperidine rings is 1. The molecule has 1 fully saturated rings. The Morgan fingerprint density at radius 3 is 3.06 bits per heavy atom. The standard InChI is InChI=1S/C11H19ClN2O2/c1-3-16-11(15)13-10-5-4-6-14(8-10)7-9(2)12/h10H,2-8H2,1H3,(H,13,15). The molecule has 1 saturated heterocycles. The summed E-state index contributed by atoms with van der Waals surface area (Å²) < 4.78 is 4.85. The Balaban J connectivity index is 2.32. The Bertz CT molecular complexity index is 258. The fourth-order valence-corrected chi connectivity index (χ4v) is 2.07. The first-order valence-corrected chi connectivity index (χ1v) is 5.98. The Labute approximate surface area is 102 Å². The van der Waals surface area contributed by atoms with E-state index in [1.807, 2.05) is 0 Å². The molecular formula is C11H19ClN2O2. The molecule has 0 spiro atoms. The van der Waals surface area contributed by atoms with Crippen LogP contribution in [0.3, 0.4) is 0 Å². The second-order valence-electron chi connectivity index (χ2n) is 3.96. The maximum Gasteiger partial charge on any atom is 0.407 e. The molecule has 0 aromatic heterocycles. The normalized spacial score (nSPS) is 21.5. The minimum Gasteiger partial charge on any atom is -0.450 e. The maximum absolute atomic E-state index is 11.2. The molecule has 0 bridgehead atoms. The molecule has 0 saturated carbocycles. The van der Waals surface area contributed by atoms with E-state index < -0.39 is 0 Å². The molecule has 0 aromatic carbocycles. The van der Waals surface area contributed by atoms with Gasteiger partial charge in [-0.25, -0.2) is 4.79 Å². The van der Waals surface area contributed by atoms with Gasteiger partial charge in [0.25, 0.3) is 0 Å². The molecule has 5 heteroatoms. The SMILES string of the molecule is C=C(Cl)CN1CCCC(NC(=O)OCC)C1. The van der Waals surface area contributed by atoms with E-state index in [-0.39, 0.29) is 12.1 Å². The van der Waals surface area contributed by atoms with Crippen LogP contribution >= 0.6 is 11.6 Å². The van der Waals surface area contributed by atoms with Gasteiger partial charge in [-0.1, -0.05) is 18.2 Å². The van der Waals surface area contributed by atoms with Gasteiger partial charge in [0.15, 0.2) is 0 Å². The van der Waals surface area contributed by atoms with Gasteiger partial charge in [0.1, 0.15) is 0 Å². The van der Waals surface area contributed by atoms with Crippen molar-refractivity contribution in [1.82, 2.24) is 10.2 Å². The summed E-state index contributed by atoms with van der Waals surface area (Å²) in [6, 6.07) is 0.156. The number of alkyl carbamates (subject to hydrolysis) is 1. The van der Waals surface area contributed by atoms with Gasteiger partial charge in [0, 0.05) is 24.2 Å². The van der Waals surface area contributed by atoms with Crippen LogP contribution in [0.5, 0.6) is 0 Å². The number of carbonyl (C=O) groups excluding carboxylic acids is 1. The molecule has 4 nitrogen and oxygen atoms in total. The highest BCUT2D eigenvalue weighted by Crippen LogP contribution is 2.12. The topological polar surface area (TPSA) is 41.6 Å². The van der Waals surface area contributed by atoms with Crippen LogP contribution in [0.4, 0.5) is 4.79 Å². The Hall–Kier alpha value is -0.740. The van der Waals surface area contributed by atoms with E-state index in [1.54, 1.807) is 6.92 Å². The van der Waals surface area contributed by atoms with Crippen molar-refractivity contribution in [3.8, 4) is 0 Å². The van der Waals surface area contributed by atoms with Gasteiger partial charge >= 0.3 is 6.09 Å². The molecular weight excluding hydrogens is 228 g/mol. The minimum absolute atomic E-state index is 0.156. The molecule has 1 aliphatic rings. The molecule has 1 N–H and O–H groups in total. The smallest absolute Gasteiger partial charge is 0.407 e. The van der Waals surface area contributed by atoms with E-state index in [0.717, 1.165) is 25.9 Å². The lowest BCUT2D eigenvalue weighted by molar-refractivity contribution is 0.136. The van der Waals surface area contributed by atoms with Crippen molar-refractivity contribution >= 4 is 17.7 Å². The molecule has 0 aliphatic carbocycles. The first-order chi connectivity index (χ1) is 7.61. The number of nitrogens with zero attached hydrogens (tertiary/aromatic N) is 1. The minimum atomic E-state index is -0.334. The number of nitrogens with one attached hydrogen (secondary N) is 1. The van der Waals surface area contributed by atoms with Crippen LogP contribution in [0.15, 0.2) is 11.6 Å². The lowest BCUT2D eigenvalue weighted by Crippen LogP contribution is -2.48. The number of hydrogen-bond acceptors (Lipinski definition) is 3. The number of rotatable bonds is 4. The lowest BCUT2D eigenvalue weighted by atomic mass is 10.1. The Kier molecular flexibility index (Phi) is 5.63. The highest BCUT2D eigenvalue weighted by atomic mass is 35.5. The number of halogens is 1. The van der Waals surface area contributed by atoms with E-state index in [1.165, 1.54) is 0 Å². The van der Waals surface area contributed by atoms with E-state index in [9.17, 15) is 4.79 Å². The van der Waals surface area contributed by atoms with Gasteiger partial charge < -0.3 is 10.1 Å². The van der Waals surface area contributed by atoms with Gasteiger partial charge in [-0.2, -0.15) is 0 Å². The number of likely N-dealkylation sites (tertiary alicyclic amines) is 1. The molecule has 1 aliphatic heterocycles. The molecule has 92 valence electrons. The summed E-state index contributed by atoms with van der Waals surface area (Å²) in [6.45, 7) is 8.38. The number of carbonyl (C=O) groups is 1. The molecule has 0 radical (unpaired) electrons. The third-order valence-electron chi connectivity index (χ3n) is 2.50. The second-order valence-corrected chi connectivity index (χ2v) is 4.49. The number of hydrogen-bond donors (Lipinski definition) is 1. The lowest BCUT2D eigenvalue weighted by Gasteiger charge is -2.32. The summed E-state index contributed by atoms with van der Waals surface area (Å²) >= 11 is 5.77. The zero-order chi connectivity index (χ0) is 12.0. The van der Waals surface area contributed by atoms with Crippen LogP contribution in [-0.2, 0) is 4.74 Å². The van der Waals surface area contributed by atoms with Crippen molar-refractivity contribution in [3.05, 3.63) is 11.6 Å². The second kappa shape index (κ2) is 6.76. The third kappa shape index (κ3) is 4.86. The molecule has 1 atom stereocenters. The Morgan fingerprint density at radius 2 is 2.44 bits per heavy atom. The van der Waals surface area contributed by atoms with Crippen LogP contribution in [0.2, 0.25) is 0 Å². The van der Waals surface area contributed by atoms with Gasteiger partial charge in [0.2, 0.25) is 0 Å². The highest BCUT2D eigenvalue weighted by Gasteiger charge is 2.21. The summed E-state index contributed by atoms with van der Waals surface area (Å²) in [7, 11) is 0. The summed E-state index contributed by atoms with van der Waals surface area (Å²) in [6.07, 6.45) is 1.71. The molecule has 1 heterocycles. The first-order valence-electron chi connectivity index (χ1n) is 5.60. The summed E-state index contributed by atoms with van der Waals surface area (Å²) in [5.74, 6) is 0. The zero-order valence-electron chi connectivity index (χ0n) is 9.67. The predicted octanol–water partition coefficient (Wildman–Crippen LogP) is 1.95. The maximum atomic E-state index is 11.2. The van der Waals surface area contributed by atoms with Gasteiger partial charge in [-0.3, -0.25) is 4.90 Å². The number of amides is 1. The van der Waals surface area contributed by atoms with Crippen molar-refractivity contribution in [2.45, 2.75) is 25.8 Å². The van der Waals surface area contributed by atoms with Gasteiger partial charge in [-0.15, -0.1) is 0 Å². The highest BCUT2D eigenvalue weighted by molar-refractivity contribution is 6.29. The van der Waals surface area contributed by atoms with Crippen molar-refractivity contribution in [3.63, 3.8) is 0 Å². The van der Waals surface area contributed by atoms with Gasteiger partial charge in [0.05, 0.1) is 6.61 Å². The monoisotopic (exact) mass is 246 g/mol. The van der Waals surface area contributed by atoms with Crippen LogP contribution in [-0.4, -0.2) is 43.3 Å². The fraction of sp³-hybridized carbons (Fsp3) is 0.727. The molecule has 1 amide bonds. The van der Waals surface area contributed by atoms with Crippen molar-refractivity contribution in [2.75, 3.05) is 26.2 Å². The van der Waals surface area contributed by atoms with Crippen molar-refractivity contribution < 1.29 is 9.53 Å². The van der Waals surface area contributed by atoms with Crippen molar-refractivity contribution in [2.24, 2.45) is 0 Å². The average molecular weight is 247 g/mol. The first kappa shape index (κ1) is 13.3. The molecule has 16 heavy (non-hydrogen) atoms. The van der Waals surface area contributed by atoms with Crippen LogP contribution in [0, 0.1) is 0 Å². The molecule has 1 unspecified atom stereocenters. The fourth-order valence-electron chi connectivity index (χ4n) is 1.90. The van der Waals surface area contributed by atoms with Crippen LogP contribution in [0.1, 0.15) is 19.8 Å². The van der Waals surface area contributed by atoms with E-state index in [0.29, 0.717) is 18.2 Å². The van der Waals surface area contributed by atoms with Crippen LogP contribution in [0.25, 0.3) is 0 Å². The molecule has 0 aromatic rings. The number of ether oxygens (including phenoxy) is 1. The summed E-state index contributed by atoms with van der Waals surface area (Å²) in [5, 5.41) is 3.48. The van der Waals surface area contributed by atoms with Gasteiger partial charge in [-0.05, 0) is 26.3 Å². The Morgan fingerprint density at radius 1 is 1.69 bits per heavy atom.